The summed E-state index contributed by atoms with van der Waals surface area (Å²) in [6.45, 7) is 2.11. The maximum absolute atomic E-state index is 12.7. The first kappa shape index (κ1) is 15.4. The van der Waals surface area contributed by atoms with Crippen LogP contribution in [0.4, 0.5) is 0 Å². The maximum Gasteiger partial charge on any atom is 0.237 e. The second-order valence-corrected chi connectivity index (χ2v) is 7.08. The number of carbonyl (C=O) groups excluding carboxylic acids is 1. The third kappa shape index (κ3) is 2.96. The number of carbonyl (C=O) groups is 1. The van der Waals surface area contributed by atoms with E-state index in [4.69, 9.17) is 0 Å². The molecule has 2 aliphatic rings. The van der Waals surface area contributed by atoms with Crippen LogP contribution in [0, 0.1) is 0 Å². The molecule has 3 heteroatoms. The zero-order valence-electron chi connectivity index (χ0n) is 14.2. The molecule has 0 fully saturated rings. The third-order valence-electron chi connectivity index (χ3n) is 5.52. The zero-order valence-corrected chi connectivity index (χ0v) is 14.2. The van der Waals surface area contributed by atoms with Gasteiger partial charge in [0.25, 0.3) is 0 Å². The van der Waals surface area contributed by atoms with Gasteiger partial charge in [0.05, 0.1) is 6.54 Å². The van der Waals surface area contributed by atoms with Crippen molar-refractivity contribution < 1.29 is 4.79 Å². The lowest BCUT2D eigenvalue weighted by Crippen LogP contribution is -2.44. The molecule has 0 atom stereocenters. The number of hydrogen-bond acceptors (Lipinski definition) is 2. The second kappa shape index (κ2) is 6.40. The fourth-order valence-electron chi connectivity index (χ4n) is 4.00. The molecule has 2 aromatic carbocycles. The first-order chi connectivity index (χ1) is 11.7. The number of likely N-dealkylation sites (N-methyl/N-ethyl adjacent to an activating group) is 1. The Hall–Kier alpha value is -2.13. The van der Waals surface area contributed by atoms with Gasteiger partial charge < -0.3 is 4.90 Å². The number of hydrogen-bond donors (Lipinski definition) is 0. The van der Waals surface area contributed by atoms with Gasteiger partial charge in [0.1, 0.15) is 0 Å². The van der Waals surface area contributed by atoms with E-state index >= 15 is 0 Å². The summed E-state index contributed by atoms with van der Waals surface area (Å²) in [5.41, 5.74) is 5.57. The van der Waals surface area contributed by atoms with Crippen LogP contribution in [0.5, 0.6) is 0 Å². The normalized spacial score (nSPS) is 17.0. The maximum atomic E-state index is 12.7. The molecule has 0 N–H and O–H groups in total. The van der Waals surface area contributed by atoms with Crippen LogP contribution in [0.3, 0.4) is 0 Å². The van der Waals surface area contributed by atoms with E-state index in [-0.39, 0.29) is 5.91 Å². The smallest absolute Gasteiger partial charge is 0.237 e. The minimum Gasteiger partial charge on any atom is -0.337 e. The molecule has 0 spiro atoms. The molecule has 0 radical (unpaired) electrons. The SMILES string of the molecule is CN(CC(=O)N1CCc2ccccc2C1)C1Cc2ccccc2C1. The lowest BCUT2D eigenvalue weighted by molar-refractivity contribution is -0.133. The van der Waals surface area contributed by atoms with Crippen molar-refractivity contribution in [2.45, 2.75) is 31.8 Å². The van der Waals surface area contributed by atoms with Crippen LogP contribution < -0.4 is 0 Å². The molecule has 1 amide bonds. The van der Waals surface area contributed by atoms with Gasteiger partial charge in [-0.2, -0.15) is 0 Å². The van der Waals surface area contributed by atoms with Gasteiger partial charge in [0.2, 0.25) is 5.91 Å². The first-order valence-corrected chi connectivity index (χ1v) is 8.82. The third-order valence-corrected chi connectivity index (χ3v) is 5.52. The molecule has 2 aromatic rings. The van der Waals surface area contributed by atoms with Gasteiger partial charge in [-0.15, -0.1) is 0 Å². The highest BCUT2D eigenvalue weighted by atomic mass is 16.2. The van der Waals surface area contributed by atoms with Crippen LogP contribution in [-0.4, -0.2) is 41.9 Å². The van der Waals surface area contributed by atoms with Gasteiger partial charge in [-0.1, -0.05) is 48.5 Å². The van der Waals surface area contributed by atoms with E-state index in [9.17, 15) is 4.79 Å². The van der Waals surface area contributed by atoms with Crippen molar-refractivity contribution in [2.24, 2.45) is 0 Å². The largest absolute Gasteiger partial charge is 0.337 e. The molecule has 124 valence electrons. The van der Waals surface area contributed by atoms with Crippen molar-refractivity contribution in [1.82, 2.24) is 9.80 Å². The fourth-order valence-corrected chi connectivity index (χ4v) is 4.00. The van der Waals surface area contributed by atoms with Crippen molar-refractivity contribution in [3.63, 3.8) is 0 Å². The Morgan fingerprint density at radius 2 is 1.58 bits per heavy atom. The molecule has 4 rings (SSSR count). The predicted octanol–water partition coefficient (Wildman–Crippen LogP) is 2.67. The summed E-state index contributed by atoms with van der Waals surface area (Å²) in [5.74, 6) is 0.253. The first-order valence-electron chi connectivity index (χ1n) is 8.82. The molecule has 3 nitrogen and oxygen atoms in total. The van der Waals surface area contributed by atoms with Gasteiger partial charge in [-0.25, -0.2) is 0 Å². The number of nitrogens with zero attached hydrogens (tertiary/aromatic N) is 2. The van der Waals surface area contributed by atoms with Crippen molar-refractivity contribution >= 4 is 5.91 Å². The van der Waals surface area contributed by atoms with Crippen LogP contribution in [0.25, 0.3) is 0 Å². The molecule has 0 saturated heterocycles. The number of fused-ring (bicyclic) bond motifs is 2. The standard InChI is InChI=1S/C21H24N2O/c1-22(20-12-17-7-3-4-8-18(17)13-20)15-21(24)23-11-10-16-6-2-5-9-19(16)14-23/h2-9,20H,10-15H2,1H3. The molecule has 24 heavy (non-hydrogen) atoms. The number of rotatable bonds is 3. The minimum atomic E-state index is 0.253. The van der Waals surface area contributed by atoms with E-state index in [1.807, 2.05) is 4.90 Å². The summed E-state index contributed by atoms with van der Waals surface area (Å²) in [7, 11) is 2.09. The molecular formula is C21H24N2O. The highest BCUT2D eigenvalue weighted by Gasteiger charge is 2.27. The Labute approximate surface area is 143 Å². The summed E-state index contributed by atoms with van der Waals surface area (Å²) in [4.78, 5) is 17.0. The van der Waals surface area contributed by atoms with Gasteiger partial charge in [0, 0.05) is 19.1 Å². The van der Waals surface area contributed by atoms with E-state index < -0.39 is 0 Å². The Morgan fingerprint density at radius 1 is 1.00 bits per heavy atom. The fraction of sp³-hybridized carbons (Fsp3) is 0.381. The predicted molar refractivity (Wildman–Crippen MR) is 95.8 cm³/mol. The van der Waals surface area contributed by atoms with E-state index in [1.54, 1.807) is 0 Å². The van der Waals surface area contributed by atoms with Gasteiger partial charge in [-0.05, 0) is 48.6 Å². The van der Waals surface area contributed by atoms with Gasteiger partial charge in [-0.3, -0.25) is 9.69 Å². The van der Waals surface area contributed by atoms with Crippen LogP contribution in [0.2, 0.25) is 0 Å². The van der Waals surface area contributed by atoms with E-state index in [2.05, 4.69) is 60.5 Å². The van der Waals surface area contributed by atoms with Crippen LogP contribution in [-0.2, 0) is 30.6 Å². The lowest BCUT2D eigenvalue weighted by atomic mass is 10.00. The molecule has 1 heterocycles. The Bertz CT molecular complexity index is 730. The Morgan fingerprint density at radius 3 is 2.25 bits per heavy atom. The average Bonchev–Trinajstić information content (AvgIpc) is 3.05. The van der Waals surface area contributed by atoms with E-state index in [1.165, 1.54) is 22.3 Å². The summed E-state index contributed by atoms with van der Waals surface area (Å²) < 4.78 is 0. The van der Waals surface area contributed by atoms with Gasteiger partial charge >= 0.3 is 0 Å². The quantitative estimate of drug-likeness (QED) is 0.868. The number of amides is 1. The van der Waals surface area contributed by atoms with Gasteiger partial charge in [0.15, 0.2) is 0 Å². The van der Waals surface area contributed by atoms with Crippen molar-refractivity contribution in [3.05, 3.63) is 70.8 Å². The second-order valence-electron chi connectivity index (χ2n) is 7.08. The summed E-state index contributed by atoms with van der Waals surface area (Å²) >= 11 is 0. The number of benzene rings is 2. The molecule has 0 unspecified atom stereocenters. The van der Waals surface area contributed by atoms with Crippen LogP contribution >= 0.6 is 0 Å². The molecule has 1 aliphatic carbocycles. The summed E-state index contributed by atoms with van der Waals surface area (Å²) in [5, 5.41) is 0. The van der Waals surface area contributed by atoms with Crippen LogP contribution in [0.15, 0.2) is 48.5 Å². The Balaban J connectivity index is 1.37. The molecule has 1 aliphatic heterocycles. The highest BCUT2D eigenvalue weighted by Crippen LogP contribution is 2.25. The topological polar surface area (TPSA) is 23.6 Å². The summed E-state index contributed by atoms with van der Waals surface area (Å²) in [6, 6.07) is 17.6. The molecular weight excluding hydrogens is 296 g/mol. The Kier molecular flexibility index (Phi) is 4.11. The molecule has 0 aromatic heterocycles. The average molecular weight is 320 g/mol. The van der Waals surface area contributed by atoms with Crippen molar-refractivity contribution in [1.29, 1.82) is 0 Å². The van der Waals surface area contributed by atoms with Crippen LogP contribution in [0.1, 0.15) is 22.3 Å². The van der Waals surface area contributed by atoms with E-state index in [0.717, 1.165) is 32.4 Å². The minimum absolute atomic E-state index is 0.253. The lowest BCUT2D eigenvalue weighted by Gasteiger charge is -2.32. The monoisotopic (exact) mass is 320 g/mol. The summed E-state index contributed by atoms with van der Waals surface area (Å²) in [6.07, 6.45) is 3.09. The van der Waals surface area contributed by atoms with E-state index in [0.29, 0.717) is 12.6 Å². The van der Waals surface area contributed by atoms with Crippen molar-refractivity contribution in [2.75, 3.05) is 20.1 Å². The molecule has 0 bridgehead atoms. The van der Waals surface area contributed by atoms with Crippen molar-refractivity contribution in [3.8, 4) is 0 Å². The zero-order chi connectivity index (χ0) is 16.5. The molecule has 0 saturated carbocycles. The highest BCUT2D eigenvalue weighted by molar-refractivity contribution is 5.78.